The van der Waals surface area contributed by atoms with Crippen LogP contribution >= 0.6 is 0 Å². The van der Waals surface area contributed by atoms with Gasteiger partial charge in [0.1, 0.15) is 0 Å². The molecule has 0 unspecified atom stereocenters. The van der Waals surface area contributed by atoms with E-state index in [0.717, 1.165) is 36.8 Å². The van der Waals surface area contributed by atoms with Crippen LogP contribution in [0.15, 0.2) is 42.5 Å². The van der Waals surface area contributed by atoms with Crippen molar-refractivity contribution in [1.29, 1.82) is 0 Å². The normalized spacial score (nSPS) is 17.7. The Bertz CT molecular complexity index is 740. The Morgan fingerprint density at radius 3 is 2.71 bits per heavy atom. The molecular formula is C20H23NO3. The number of piperidine rings is 1. The van der Waals surface area contributed by atoms with Gasteiger partial charge in [0.2, 0.25) is 5.91 Å². The molecule has 1 heterocycles. The molecule has 1 aliphatic heterocycles. The monoisotopic (exact) mass is 325 g/mol. The maximum Gasteiger partial charge on any atom is 0.307 e. The zero-order chi connectivity index (χ0) is 16.9. The molecule has 1 fully saturated rings. The van der Waals surface area contributed by atoms with Crippen LogP contribution in [0.4, 0.5) is 0 Å². The first-order chi connectivity index (χ1) is 11.7. The number of hydrogen-bond acceptors (Lipinski definition) is 3. The highest BCUT2D eigenvalue weighted by Crippen LogP contribution is 2.22. The van der Waals surface area contributed by atoms with E-state index >= 15 is 0 Å². The molecule has 2 aromatic rings. The van der Waals surface area contributed by atoms with Crippen molar-refractivity contribution in [2.45, 2.75) is 38.1 Å². The van der Waals surface area contributed by atoms with Crippen molar-refractivity contribution in [3.8, 4) is 0 Å². The number of nitrogens with zero attached hydrogens (tertiary/aromatic N) is 1. The van der Waals surface area contributed by atoms with Crippen LogP contribution in [0.5, 0.6) is 0 Å². The summed E-state index contributed by atoms with van der Waals surface area (Å²) in [4.78, 5) is 26.2. The van der Waals surface area contributed by atoms with Crippen molar-refractivity contribution >= 4 is 22.6 Å². The van der Waals surface area contributed by atoms with Crippen molar-refractivity contribution in [3.05, 3.63) is 48.0 Å². The maximum absolute atomic E-state index is 12.8. The molecule has 1 aliphatic rings. The lowest BCUT2D eigenvalue weighted by atomic mass is 9.97. The summed E-state index contributed by atoms with van der Waals surface area (Å²) < 4.78 is 4.77. The van der Waals surface area contributed by atoms with Crippen molar-refractivity contribution in [1.82, 2.24) is 4.90 Å². The molecule has 2 aromatic carbocycles. The topological polar surface area (TPSA) is 46.6 Å². The SMILES string of the molecule is COC(=O)C[C@@H]1CCCCN1C(=O)Cc1ccc2ccccc2c1. The molecule has 0 spiro atoms. The Balaban J connectivity index is 1.72. The minimum atomic E-state index is -0.245. The average Bonchev–Trinajstić information content (AvgIpc) is 2.62. The molecule has 126 valence electrons. The van der Waals surface area contributed by atoms with Gasteiger partial charge in [-0.25, -0.2) is 0 Å². The summed E-state index contributed by atoms with van der Waals surface area (Å²) in [6.07, 6.45) is 3.60. The summed E-state index contributed by atoms with van der Waals surface area (Å²) in [6, 6.07) is 14.3. The van der Waals surface area contributed by atoms with Gasteiger partial charge in [0.25, 0.3) is 0 Å². The van der Waals surface area contributed by atoms with Crippen LogP contribution < -0.4 is 0 Å². The van der Waals surface area contributed by atoms with Crippen LogP contribution in [0.3, 0.4) is 0 Å². The number of benzene rings is 2. The number of likely N-dealkylation sites (tertiary alicyclic amines) is 1. The predicted molar refractivity (Wildman–Crippen MR) is 93.6 cm³/mol. The van der Waals surface area contributed by atoms with Crippen molar-refractivity contribution < 1.29 is 14.3 Å². The molecule has 0 radical (unpaired) electrons. The van der Waals surface area contributed by atoms with E-state index in [2.05, 4.69) is 24.3 Å². The minimum Gasteiger partial charge on any atom is -0.469 e. The molecule has 24 heavy (non-hydrogen) atoms. The zero-order valence-corrected chi connectivity index (χ0v) is 14.0. The third kappa shape index (κ3) is 3.75. The lowest BCUT2D eigenvalue weighted by Crippen LogP contribution is -2.45. The van der Waals surface area contributed by atoms with Gasteiger partial charge in [0, 0.05) is 12.6 Å². The highest BCUT2D eigenvalue weighted by Gasteiger charge is 2.28. The summed E-state index contributed by atoms with van der Waals surface area (Å²) in [5.74, 6) is -0.149. The van der Waals surface area contributed by atoms with Gasteiger partial charge in [-0.1, -0.05) is 42.5 Å². The van der Waals surface area contributed by atoms with Gasteiger partial charge in [-0.2, -0.15) is 0 Å². The largest absolute Gasteiger partial charge is 0.469 e. The van der Waals surface area contributed by atoms with E-state index in [0.29, 0.717) is 12.8 Å². The highest BCUT2D eigenvalue weighted by atomic mass is 16.5. The van der Waals surface area contributed by atoms with Crippen LogP contribution in [-0.4, -0.2) is 36.5 Å². The minimum absolute atomic E-state index is 0.0286. The number of amides is 1. The smallest absolute Gasteiger partial charge is 0.307 e. The standard InChI is InChI=1S/C20H23NO3/c1-24-20(23)14-18-8-4-5-11-21(18)19(22)13-15-9-10-16-6-2-3-7-17(16)12-15/h2-3,6-7,9-10,12,18H,4-5,8,11,13-14H2,1H3/t18-/m0/s1. The second-order valence-corrected chi connectivity index (χ2v) is 6.38. The Kier molecular flexibility index (Phi) is 5.14. The number of fused-ring (bicyclic) bond motifs is 1. The number of esters is 1. The molecule has 0 bridgehead atoms. The molecule has 1 amide bonds. The van der Waals surface area contributed by atoms with E-state index in [1.54, 1.807) is 0 Å². The number of ether oxygens (including phenoxy) is 1. The molecule has 4 nitrogen and oxygen atoms in total. The molecule has 1 atom stereocenters. The molecule has 0 aliphatic carbocycles. The van der Waals surface area contributed by atoms with Gasteiger partial charge in [0.15, 0.2) is 0 Å². The summed E-state index contributed by atoms with van der Waals surface area (Å²) in [7, 11) is 1.40. The lowest BCUT2D eigenvalue weighted by Gasteiger charge is -2.35. The van der Waals surface area contributed by atoms with E-state index in [9.17, 15) is 9.59 Å². The average molecular weight is 325 g/mol. The summed E-state index contributed by atoms with van der Waals surface area (Å²) in [6.45, 7) is 0.730. The van der Waals surface area contributed by atoms with Gasteiger partial charge >= 0.3 is 5.97 Å². The predicted octanol–water partition coefficient (Wildman–Crippen LogP) is 3.33. The van der Waals surface area contributed by atoms with Crippen LogP contribution in [0, 0.1) is 0 Å². The second-order valence-electron chi connectivity index (χ2n) is 6.38. The first kappa shape index (κ1) is 16.5. The number of hydrogen-bond donors (Lipinski definition) is 0. The van der Waals surface area contributed by atoms with Crippen LogP contribution in [-0.2, 0) is 20.7 Å². The lowest BCUT2D eigenvalue weighted by molar-refractivity contribution is -0.144. The fraction of sp³-hybridized carbons (Fsp3) is 0.400. The third-order valence-electron chi connectivity index (χ3n) is 4.75. The highest BCUT2D eigenvalue weighted by molar-refractivity contribution is 5.85. The van der Waals surface area contributed by atoms with Gasteiger partial charge in [0.05, 0.1) is 20.0 Å². The molecule has 0 N–H and O–H groups in total. The van der Waals surface area contributed by atoms with Gasteiger partial charge < -0.3 is 9.64 Å². The fourth-order valence-electron chi connectivity index (χ4n) is 3.44. The number of carbonyl (C=O) groups excluding carboxylic acids is 2. The third-order valence-corrected chi connectivity index (χ3v) is 4.75. The summed E-state index contributed by atoms with van der Waals surface area (Å²) in [5.41, 5.74) is 1.01. The van der Waals surface area contributed by atoms with Crippen LogP contribution in [0.2, 0.25) is 0 Å². The van der Waals surface area contributed by atoms with Crippen LogP contribution in [0.25, 0.3) is 10.8 Å². The van der Waals surface area contributed by atoms with Crippen LogP contribution in [0.1, 0.15) is 31.2 Å². The van der Waals surface area contributed by atoms with E-state index in [-0.39, 0.29) is 17.9 Å². The Morgan fingerprint density at radius 2 is 1.92 bits per heavy atom. The summed E-state index contributed by atoms with van der Waals surface area (Å²) in [5, 5.41) is 2.32. The molecule has 0 aromatic heterocycles. The maximum atomic E-state index is 12.8. The summed E-state index contributed by atoms with van der Waals surface area (Å²) >= 11 is 0. The van der Waals surface area contributed by atoms with Crippen molar-refractivity contribution in [3.63, 3.8) is 0 Å². The second kappa shape index (κ2) is 7.47. The molecule has 0 saturated carbocycles. The van der Waals surface area contributed by atoms with E-state index in [1.807, 2.05) is 23.1 Å². The van der Waals surface area contributed by atoms with E-state index < -0.39 is 0 Å². The number of carbonyl (C=O) groups is 2. The van der Waals surface area contributed by atoms with E-state index in [1.165, 1.54) is 12.5 Å². The first-order valence-corrected chi connectivity index (χ1v) is 8.51. The van der Waals surface area contributed by atoms with Crippen molar-refractivity contribution in [2.24, 2.45) is 0 Å². The van der Waals surface area contributed by atoms with Gasteiger partial charge in [-0.05, 0) is 35.6 Å². The Morgan fingerprint density at radius 1 is 1.12 bits per heavy atom. The van der Waals surface area contributed by atoms with Gasteiger partial charge in [-0.3, -0.25) is 9.59 Å². The molecular weight excluding hydrogens is 302 g/mol. The quantitative estimate of drug-likeness (QED) is 0.810. The van der Waals surface area contributed by atoms with Crippen molar-refractivity contribution in [2.75, 3.05) is 13.7 Å². The zero-order valence-electron chi connectivity index (χ0n) is 14.0. The molecule has 1 saturated heterocycles. The molecule has 3 rings (SSSR count). The number of methoxy groups -OCH3 is 1. The van der Waals surface area contributed by atoms with E-state index in [4.69, 9.17) is 4.74 Å². The first-order valence-electron chi connectivity index (χ1n) is 8.51. The fourth-order valence-corrected chi connectivity index (χ4v) is 3.44. The van der Waals surface area contributed by atoms with Gasteiger partial charge in [-0.15, -0.1) is 0 Å². The Hall–Kier alpha value is -2.36. The number of rotatable bonds is 4. The Labute approximate surface area is 142 Å². The molecule has 4 heteroatoms.